The maximum absolute atomic E-state index is 11.0. The summed E-state index contributed by atoms with van der Waals surface area (Å²) in [5.41, 5.74) is 1.07. The normalized spacial score (nSPS) is 12.2. The van der Waals surface area contributed by atoms with E-state index in [-0.39, 0.29) is 6.04 Å². The Kier molecular flexibility index (Phi) is 4.99. The minimum atomic E-state index is -0.959. The van der Waals surface area contributed by atoms with Crippen LogP contribution in [0.25, 0.3) is 10.8 Å². The van der Waals surface area contributed by atoms with Crippen LogP contribution < -0.4 is 5.32 Å². The van der Waals surface area contributed by atoms with Crippen LogP contribution in [0.1, 0.15) is 44.2 Å². The number of hydrogen-bond donors (Lipinski definition) is 2. The highest BCUT2D eigenvalue weighted by Crippen LogP contribution is 2.27. The molecule has 0 aliphatic heterocycles. The Morgan fingerprint density at radius 3 is 2.65 bits per heavy atom. The van der Waals surface area contributed by atoms with Crippen molar-refractivity contribution < 1.29 is 9.90 Å². The molecule has 0 spiro atoms. The Morgan fingerprint density at radius 2 is 1.90 bits per heavy atom. The first-order chi connectivity index (χ1) is 9.72. The lowest BCUT2D eigenvalue weighted by Crippen LogP contribution is -2.26. The van der Waals surface area contributed by atoms with Crippen LogP contribution in [0.5, 0.6) is 0 Å². The number of nitrogens with one attached hydrogen (secondary N) is 1. The van der Waals surface area contributed by atoms with Gasteiger partial charge < -0.3 is 10.4 Å². The van der Waals surface area contributed by atoms with Gasteiger partial charge in [-0.1, -0.05) is 68.7 Å². The number of carbonyl (C=O) groups is 1. The van der Waals surface area contributed by atoms with Crippen molar-refractivity contribution in [2.24, 2.45) is 0 Å². The number of hydrogen-bond acceptors (Lipinski definition) is 1. The monoisotopic (exact) mass is 271 g/mol. The van der Waals surface area contributed by atoms with Crippen LogP contribution in [-0.4, -0.2) is 11.2 Å². The highest BCUT2D eigenvalue weighted by molar-refractivity contribution is 5.86. The van der Waals surface area contributed by atoms with Gasteiger partial charge in [0.15, 0.2) is 0 Å². The summed E-state index contributed by atoms with van der Waals surface area (Å²) >= 11 is 0. The van der Waals surface area contributed by atoms with E-state index in [1.807, 2.05) is 24.3 Å². The lowest BCUT2D eigenvalue weighted by molar-refractivity contribution is 0.189. The van der Waals surface area contributed by atoms with Crippen LogP contribution >= 0.6 is 0 Å². The molecule has 1 unspecified atom stereocenters. The number of carboxylic acid groups (broad SMARTS) is 1. The topological polar surface area (TPSA) is 49.3 Å². The fraction of sp³-hybridized carbons (Fsp3) is 0.353. The number of rotatable bonds is 6. The number of amides is 1. The molecular formula is C17H21NO2. The van der Waals surface area contributed by atoms with Crippen molar-refractivity contribution in [3.63, 3.8) is 0 Å². The van der Waals surface area contributed by atoms with Crippen molar-refractivity contribution in [3.8, 4) is 0 Å². The summed E-state index contributed by atoms with van der Waals surface area (Å²) in [5.74, 6) is 0. The lowest BCUT2D eigenvalue weighted by atomic mass is 9.95. The van der Waals surface area contributed by atoms with Gasteiger partial charge in [0.05, 0.1) is 6.04 Å². The number of unbranched alkanes of at least 4 members (excludes halogenated alkanes) is 2. The van der Waals surface area contributed by atoms with Gasteiger partial charge in [-0.2, -0.15) is 0 Å². The molecule has 2 rings (SSSR count). The Labute approximate surface area is 119 Å². The average molecular weight is 271 g/mol. The molecule has 0 saturated heterocycles. The van der Waals surface area contributed by atoms with Gasteiger partial charge in [-0.15, -0.1) is 0 Å². The molecule has 2 aromatic carbocycles. The summed E-state index contributed by atoms with van der Waals surface area (Å²) in [5, 5.41) is 14.0. The van der Waals surface area contributed by atoms with Gasteiger partial charge in [0.1, 0.15) is 0 Å². The summed E-state index contributed by atoms with van der Waals surface area (Å²) in [6, 6.07) is 14.1. The molecule has 0 heterocycles. The fourth-order valence-electron chi connectivity index (χ4n) is 2.61. The van der Waals surface area contributed by atoms with E-state index in [1.165, 1.54) is 0 Å². The third-order valence-electron chi connectivity index (χ3n) is 3.59. The molecule has 0 bridgehead atoms. The Bertz CT molecular complexity index is 575. The largest absolute Gasteiger partial charge is 0.465 e. The maximum Gasteiger partial charge on any atom is 0.405 e. The van der Waals surface area contributed by atoms with Crippen molar-refractivity contribution in [1.82, 2.24) is 5.32 Å². The predicted molar refractivity (Wildman–Crippen MR) is 82.0 cm³/mol. The highest BCUT2D eigenvalue weighted by Gasteiger charge is 2.15. The SMILES string of the molecule is CCCCCC(NC(=O)O)c1cccc2ccccc12. The highest BCUT2D eigenvalue weighted by atomic mass is 16.4. The lowest BCUT2D eigenvalue weighted by Gasteiger charge is -2.19. The second kappa shape index (κ2) is 6.94. The molecule has 2 N–H and O–H groups in total. The van der Waals surface area contributed by atoms with E-state index in [9.17, 15) is 4.79 Å². The van der Waals surface area contributed by atoms with Crippen molar-refractivity contribution in [1.29, 1.82) is 0 Å². The Morgan fingerprint density at radius 1 is 1.15 bits per heavy atom. The smallest absolute Gasteiger partial charge is 0.405 e. The second-order valence-corrected chi connectivity index (χ2v) is 5.07. The first-order valence-electron chi connectivity index (χ1n) is 7.19. The van der Waals surface area contributed by atoms with Gasteiger partial charge in [-0.05, 0) is 22.8 Å². The zero-order chi connectivity index (χ0) is 14.4. The molecule has 0 aromatic heterocycles. The van der Waals surface area contributed by atoms with E-state index in [2.05, 4.69) is 30.4 Å². The second-order valence-electron chi connectivity index (χ2n) is 5.07. The first-order valence-corrected chi connectivity index (χ1v) is 7.19. The zero-order valence-electron chi connectivity index (χ0n) is 11.8. The molecule has 106 valence electrons. The summed E-state index contributed by atoms with van der Waals surface area (Å²) in [6.07, 6.45) is 3.18. The molecule has 2 aromatic rings. The average Bonchev–Trinajstić information content (AvgIpc) is 2.45. The van der Waals surface area contributed by atoms with Gasteiger partial charge in [-0.3, -0.25) is 0 Å². The fourth-order valence-corrected chi connectivity index (χ4v) is 2.61. The molecule has 20 heavy (non-hydrogen) atoms. The van der Waals surface area contributed by atoms with Crippen molar-refractivity contribution in [3.05, 3.63) is 48.0 Å². The molecule has 0 aliphatic carbocycles. The van der Waals surface area contributed by atoms with E-state index in [1.54, 1.807) is 0 Å². The zero-order valence-corrected chi connectivity index (χ0v) is 11.8. The molecule has 0 saturated carbocycles. The molecule has 0 radical (unpaired) electrons. The molecule has 0 fully saturated rings. The van der Waals surface area contributed by atoms with Crippen molar-refractivity contribution in [2.45, 2.75) is 38.6 Å². The summed E-state index contributed by atoms with van der Waals surface area (Å²) in [6.45, 7) is 2.15. The summed E-state index contributed by atoms with van der Waals surface area (Å²) in [7, 11) is 0. The third-order valence-corrected chi connectivity index (χ3v) is 3.59. The molecule has 0 aliphatic rings. The molecule has 3 heteroatoms. The van der Waals surface area contributed by atoms with Gasteiger partial charge in [-0.25, -0.2) is 4.79 Å². The van der Waals surface area contributed by atoms with E-state index in [0.717, 1.165) is 42.0 Å². The predicted octanol–water partition coefficient (Wildman–Crippen LogP) is 4.73. The van der Waals surface area contributed by atoms with Crippen LogP contribution in [-0.2, 0) is 0 Å². The van der Waals surface area contributed by atoms with Crippen LogP contribution in [0.4, 0.5) is 4.79 Å². The van der Waals surface area contributed by atoms with Crippen LogP contribution in [0.2, 0.25) is 0 Å². The minimum Gasteiger partial charge on any atom is -0.465 e. The van der Waals surface area contributed by atoms with Gasteiger partial charge in [0.25, 0.3) is 0 Å². The van der Waals surface area contributed by atoms with E-state index in [4.69, 9.17) is 5.11 Å². The van der Waals surface area contributed by atoms with E-state index < -0.39 is 6.09 Å². The standard InChI is InChI=1S/C17H21NO2/c1-2-3-4-12-16(18-17(19)20)15-11-7-9-13-8-5-6-10-14(13)15/h5-11,16,18H,2-4,12H2,1H3,(H,19,20). The summed E-state index contributed by atoms with van der Waals surface area (Å²) < 4.78 is 0. The van der Waals surface area contributed by atoms with Crippen molar-refractivity contribution >= 4 is 16.9 Å². The van der Waals surface area contributed by atoms with E-state index in [0.29, 0.717) is 0 Å². The molecule has 1 atom stereocenters. The molecular weight excluding hydrogens is 250 g/mol. The molecule has 1 amide bonds. The quantitative estimate of drug-likeness (QED) is 0.746. The summed E-state index contributed by atoms with van der Waals surface area (Å²) in [4.78, 5) is 11.0. The Balaban J connectivity index is 2.31. The maximum atomic E-state index is 11.0. The van der Waals surface area contributed by atoms with Gasteiger partial charge >= 0.3 is 6.09 Å². The number of benzene rings is 2. The number of fused-ring (bicyclic) bond motifs is 1. The van der Waals surface area contributed by atoms with Crippen molar-refractivity contribution in [2.75, 3.05) is 0 Å². The van der Waals surface area contributed by atoms with E-state index >= 15 is 0 Å². The van der Waals surface area contributed by atoms with Gasteiger partial charge in [0.2, 0.25) is 0 Å². The van der Waals surface area contributed by atoms with Crippen LogP contribution in [0.3, 0.4) is 0 Å². The van der Waals surface area contributed by atoms with Crippen LogP contribution in [0, 0.1) is 0 Å². The van der Waals surface area contributed by atoms with Gasteiger partial charge in [0, 0.05) is 0 Å². The Hall–Kier alpha value is -2.03. The van der Waals surface area contributed by atoms with Crippen LogP contribution in [0.15, 0.2) is 42.5 Å². The minimum absolute atomic E-state index is 0.134. The third kappa shape index (κ3) is 3.50. The molecule has 3 nitrogen and oxygen atoms in total. The first kappa shape index (κ1) is 14.4.